The van der Waals surface area contributed by atoms with Crippen molar-refractivity contribution in [2.45, 2.75) is 4.90 Å². The van der Waals surface area contributed by atoms with Crippen molar-refractivity contribution in [2.75, 3.05) is 4.90 Å². The fraction of sp³-hybridized carbons (Fsp3) is 0. The van der Waals surface area contributed by atoms with Crippen LogP contribution in [0.4, 0.5) is 5.69 Å². The topological polar surface area (TPSA) is 91.0 Å². The number of nitrogens with zero attached hydrogens (tertiary/aromatic N) is 3. The minimum absolute atomic E-state index is 0.0458. The first kappa shape index (κ1) is 16.6. The highest BCUT2D eigenvalue weighted by Crippen LogP contribution is 2.29. The maximum absolute atomic E-state index is 11.5. The summed E-state index contributed by atoms with van der Waals surface area (Å²) in [6.45, 7) is 0. The average Bonchev–Trinajstić information content (AvgIpc) is 3.08. The number of fused-ring (bicyclic) bond motifs is 1. The first-order chi connectivity index (χ1) is 12.4. The van der Waals surface area contributed by atoms with Crippen molar-refractivity contribution >= 4 is 33.1 Å². The molecular formula is C17H14ClN5O2S. The normalized spacial score (nSPS) is 16.1. The Hall–Kier alpha value is -2.81. The second kappa shape index (κ2) is 6.17. The van der Waals surface area contributed by atoms with E-state index in [4.69, 9.17) is 16.7 Å². The van der Waals surface area contributed by atoms with Crippen LogP contribution in [-0.2, 0) is 10.0 Å². The van der Waals surface area contributed by atoms with Crippen LogP contribution in [0.5, 0.6) is 0 Å². The number of benzene rings is 2. The molecule has 9 heteroatoms. The Kier molecular flexibility index (Phi) is 3.95. The maximum Gasteiger partial charge on any atom is 0.238 e. The number of halogens is 1. The third-order valence-electron chi connectivity index (χ3n) is 3.93. The van der Waals surface area contributed by atoms with Crippen molar-refractivity contribution in [3.63, 3.8) is 0 Å². The molecule has 0 aliphatic carbocycles. The maximum atomic E-state index is 11.5. The van der Waals surface area contributed by atoms with Gasteiger partial charge in [0.15, 0.2) is 5.84 Å². The van der Waals surface area contributed by atoms with Gasteiger partial charge in [-0.1, -0.05) is 23.7 Å². The standard InChI is InChI=1S/C17H14ClN5O2S/c18-15-4-2-1-3-14(15)17-21-23-10-9-20-16(23)11-22(17)12-5-7-13(8-6-12)26(19,24)25/h1-11,20H,(H2,19,24,25). The van der Waals surface area contributed by atoms with Gasteiger partial charge in [0.1, 0.15) is 5.82 Å². The second-order valence-electron chi connectivity index (χ2n) is 5.63. The van der Waals surface area contributed by atoms with Gasteiger partial charge in [0.25, 0.3) is 0 Å². The first-order valence-electron chi connectivity index (χ1n) is 7.63. The lowest BCUT2D eigenvalue weighted by Gasteiger charge is -2.30. The van der Waals surface area contributed by atoms with Crippen LogP contribution >= 0.6 is 11.6 Å². The Morgan fingerprint density at radius 3 is 2.50 bits per heavy atom. The molecule has 0 spiro atoms. The zero-order valence-corrected chi connectivity index (χ0v) is 14.9. The van der Waals surface area contributed by atoms with Crippen molar-refractivity contribution in [2.24, 2.45) is 10.2 Å². The Morgan fingerprint density at radius 2 is 1.81 bits per heavy atom. The summed E-state index contributed by atoms with van der Waals surface area (Å²) in [7, 11) is -3.75. The molecule has 0 saturated heterocycles. The minimum Gasteiger partial charge on any atom is -0.344 e. The molecule has 7 nitrogen and oxygen atoms in total. The number of sulfonamides is 1. The Labute approximate surface area is 155 Å². The lowest BCUT2D eigenvalue weighted by Crippen LogP contribution is -2.35. The molecule has 0 fully saturated rings. The van der Waals surface area contributed by atoms with E-state index in [1.807, 2.05) is 29.3 Å². The van der Waals surface area contributed by atoms with E-state index in [0.29, 0.717) is 10.9 Å². The van der Waals surface area contributed by atoms with E-state index < -0.39 is 10.0 Å². The summed E-state index contributed by atoms with van der Waals surface area (Å²) in [6, 6.07) is 13.6. The molecule has 0 bridgehead atoms. The molecule has 0 atom stereocenters. The SMILES string of the molecule is NS(=O)(=O)c1ccc(N2C=C3NC=CN3N=C2c2ccccc2Cl)cc1. The van der Waals surface area contributed by atoms with Gasteiger partial charge in [-0.3, -0.25) is 4.90 Å². The number of hydrazone groups is 1. The van der Waals surface area contributed by atoms with Crippen LogP contribution in [0.15, 0.2) is 82.9 Å². The molecule has 4 rings (SSSR count). The summed E-state index contributed by atoms with van der Waals surface area (Å²) in [5.41, 5.74) is 1.47. The van der Waals surface area contributed by atoms with Gasteiger partial charge in [0.2, 0.25) is 10.0 Å². The number of nitrogens with two attached hydrogens (primary N) is 1. The van der Waals surface area contributed by atoms with Crippen molar-refractivity contribution in [3.8, 4) is 0 Å². The Morgan fingerprint density at radius 1 is 1.08 bits per heavy atom. The summed E-state index contributed by atoms with van der Waals surface area (Å²) in [6.07, 6.45) is 5.43. The van der Waals surface area contributed by atoms with Crippen LogP contribution in [0.25, 0.3) is 0 Å². The molecule has 0 amide bonds. The summed E-state index contributed by atoms with van der Waals surface area (Å²) in [5, 5.41) is 15.2. The van der Waals surface area contributed by atoms with Crippen molar-refractivity contribution in [3.05, 3.63) is 83.5 Å². The Balaban J connectivity index is 1.81. The summed E-state index contributed by atoms with van der Waals surface area (Å²) in [5.74, 6) is 1.37. The van der Waals surface area contributed by atoms with Crippen molar-refractivity contribution in [1.82, 2.24) is 10.3 Å². The number of hydrogen-bond donors (Lipinski definition) is 2. The second-order valence-corrected chi connectivity index (χ2v) is 7.60. The molecular weight excluding hydrogens is 374 g/mol. The van der Waals surface area contributed by atoms with Crippen LogP contribution in [-0.4, -0.2) is 19.3 Å². The van der Waals surface area contributed by atoms with E-state index in [1.54, 1.807) is 35.6 Å². The Bertz CT molecular complexity index is 1060. The van der Waals surface area contributed by atoms with E-state index in [9.17, 15) is 8.42 Å². The highest BCUT2D eigenvalue weighted by atomic mass is 35.5. The lowest BCUT2D eigenvalue weighted by atomic mass is 10.1. The number of amidine groups is 1. The van der Waals surface area contributed by atoms with Gasteiger partial charge in [0, 0.05) is 23.7 Å². The van der Waals surface area contributed by atoms with Crippen LogP contribution < -0.4 is 15.4 Å². The van der Waals surface area contributed by atoms with Crippen molar-refractivity contribution in [1.29, 1.82) is 0 Å². The molecule has 2 aromatic carbocycles. The van der Waals surface area contributed by atoms with Gasteiger partial charge >= 0.3 is 0 Å². The smallest absolute Gasteiger partial charge is 0.238 e. The molecule has 132 valence electrons. The summed E-state index contributed by atoms with van der Waals surface area (Å²) in [4.78, 5) is 1.88. The molecule has 26 heavy (non-hydrogen) atoms. The van der Waals surface area contributed by atoms with Gasteiger partial charge < -0.3 is 5.32 Å². The third kappa shape index (κ3) is 2.94. The predicted molar refractivity (Wildman–Crippen MR) is 100 cm³/mol. The van der Waals surface area contributed by atoms with E-state index in [0.717, 1.165) is 17.1 Å². The van der Waals surface area contributed by atoms with E-state index in [-0.39, 0.29) is 4.90 Å². The van der Waals surface area contributed by atoms with Crippen LogP contribution in [0.1, 0.15) is 5.56 Å². The summed E-state index contributed by atoms with van der Waals surface area (Å²) >= 11 is 6.36. The molecule has 2 heterocycles. The quantitative estimate of drug-likeness (QED) is 0.843. The fourth-order valence-electron chi connectivity index (χ4n) is 2.68. The molecule has 0 saturated carbocycles. The zero-order chi connectivity index (χ0) is 18.3. The van der Waals surface area contributed by atoms with E-state index >= 15 is 0 Å². The van der Waals surface area contributed by atoms with E-state index in [1.165, 1.54) is 12.1 Å². The number of primary sulfonamides is 1. The first-order valence-corrected chi connectivity index (χ1v) is 9.56. The van der Waals surface area contributed by atoms with Crippen LogP contribution in [0.3, 0.4) is 0 Å². The molecule has 2 aliphatic rings. The van der Waals surface area contributed by atoms with Gasteiger partial charge in [-0.25, -0.2) is 18.6 Å². The van der Waals surface area contributed by atoms with E-state index in [2.05, 4.69) is 10.4 Å². The zero-order valence-electron chi connectivity index (χ0n) is 13.4. The number of rotatable bonds is 3. The third-order valence-corrected chi connectivity index (χ3v) is 5.19. The van der Waals surface area contributed by atoms with Gasteiger partial charge in [-0.2, -0.15) is 0 Å². The fourth-order valence-corrected chi connectivity index (χ4v) is 3.41. The molecule has 2 aliphatic heterocycles. The monoisotopic (exact) mass is 387 g/mol. The van der Waals surface area contributed by atoms with Crippen LogP contribution in [0.2, 0.25) is 5.02 Å². The van der Waals surface area contributed by atoms with Crippen LogP contribution in [0, 0.1) is 0 Å². The number of anilines is 1. The van der Waals surface area contributed by atoms with Gasteiger partial charge in [-0.05, 0) is 36.4 Å². The van der Waals surface area contributed by atoms with Crippen molar-refractivity contribution < 1.29 is 8.42 Å². The minimum atomic E-state index is -3.75. The number of nitrogens with one attached hydrogen (secondary N) is 1. The summed E-state index contributed by atoms with van der Waals surface area (Å²) < 4.78 is 23.0. The molecule has 2 aromatic rings. The predicted octanol–water partition coefficient (Wildman–Crippen LogP) is 2.34. The highest BCUT2D eigenvalue weighted by Gasteiger charge is 2.26. The molecule has 0 unspecified atom stereocenters. The average molecular weight is 388 g/mol. The van der Waals surface area contributed by atoms with Gasteiger partial charge in [-0.15, -0.1) is 5.10 Å². The molecule has 3 N–H and O–H groups in total. The van der Waals surface area contributed by atoms with Gasteiger partial charge in [0.05, 0.1) is 16.1 Å². The molecule has 0 aromatic heterocycles. The highest BCUT2D eigenvalue weighted by molar-refractivity contribution is 7.89. The largest absolute Gasteiger partial charge is 0.344 e. The lowest BCUT2D eigenvalue weighted by molar-refractivity contribution is 0.489. The molecule has 0 radical (unpaired) electrons. The number of hydrogen-bond acceptors (Lipinski definition) is 6.